The fourth-order valence-electron chi connectivity index (χ4n) is 1.60. The number of hydrogen-bond donors (Lipinski definition) is 2. The van der Waals surface area contributed by atoms with E-state index in [1.807, 2.05) is 25.1 Å². The van der Waals surface area contributed by atoms with Crippen molar-refractivity contribution >= 4 is 22.4 Å². The first kappa shape index (κ1) is 13.3. The van der Waals surface area contributed by atoms with Crippen molar-refractivity contribution in [2.45, 2.75) is 13.3 Å². The fraction of sp³-hybridized carbons (Fsp3) is 0.308. The lowest BCUT2D eigenvalue weighted by Crippen LogP contribution is -2.09. The van der Waals surface area contributed by atoms with Crippen LogP contribution in [0.25, 0.3) is 0 Å². The summed E-state index contributed by atoms with van der Waals surface area (Å²) in [5.74, 6) is 0.883. The van der Waals surface area contributed by atoms with E-state index < -0.39 is 0 Å². The first-order valence-corrected chi connectivity index (χ1v) is 6.83. The molecule has 6 heteroatoms. The molecule has 0 bridgehead atoms. The third-order valence-electron chi connectivity index (χ3n) is 2.58. The Labute approximate surface area is 116 Å². The minimum absolute atomic E-state index is 0.655. The molecule has 2 rings (SSSR count). The molecule has 0 saturated carbocycles. The molecule has 0 amide bonds. The first-order valence-electron chi connectivity index (χ1n) is 6.06. The Morgan fingerprint density at radius 3 is 2.89 bits per heavy atom. The second kappa shape index (κ2) is 6.71. The van der Waals surface area contributed by atoms with Crippen LogP contribution in [0.15, 0.2) is 24.4 Å². The van der Waals surface area contributed by atoms with Gasteiger partial charge in [0.1, 0.15) is 22.5 Å². The van der Waals surface area contributed by atoms with E-state index in [4.69, 9.17) is 5.26 Å². The predicted molar refractivity (Wildman–Crippen MR) is 77.4 cm³/mol. The van der Waals surface area contributed by atoms with Crippen molar-refractivity contribution in [1.82, 2.24) is 9.36 Å². The molecule has 2 heterocycles. The summed E-state index contributed by atoms with van der Waals surface area (Å²) in [5.41, 5.74) is 1.45. The van der Waals surface area contributed by atoms with Gasteiger partial charge >= 0.3 is 0 Å². The molecule has 0 aliphatic carbocycles. The molecule has 0 atom stereocenters. The highest BCUT2D eigenvalue weighted by Gasteiger charge is 2.08. The fourth-order valence-corrected chi connectivity index (χ4v) is 2.37. The van der Waals surface area contributed by atoms with Gasteiger partial charge in [-0.2, -0.15) is 9.64 Å². The minimum Gasteiger partial charge on any atom is -0.375 e. The van der Waals surface area contributed by atoms with E-state index in [0.717, 1.165) is 36.0 Å². The maximum Gasteiger partial charge on any atom is 0.127 e. The number of pyridine rings is 1. The smallest absolute Gasteiger partial charge is 0.127 e. The van der Waals surface area contributed by atoms with Crippen LogP contribution in [0.3, 0.4) is 0 Å². The van der Waals surface area contributed by atoms with E-state index in [-0.39, 0.29) is 0 Å². The molecule has 0 aromatic carbocycles. The van der Waals surface area contributed by atoms with Gasteiger partial charge in [0, 0.05) is 19.3 Å². The summed E-state index contributed by atoms with van der Waals surface area (Å²) in [7, 11) is 0. The summed E-state index contributed by atoms with van der Waals surface area (Å²) in [6.45, 7) is 3.49. The molecule has 0 aliphatic heterocycles. The molecular weight excluding hydrogens is 258 g/mol. The van der Waals surface area contributed by atoms with E-state index in [9.17, 15) is 0 Å². The normalized spacial score (nSPS) is 9.89. The van der Waals surface area contributed by atoms with Gasteiger partial charge in [-0.25, -0.2) is 4.98 Å². The SMILES string of the molecule is Cc1nsc(NCCCNc2ccccn2)c1C#N. The van der Waals surface area contributed by atoms with Crippen molar-refractivity contribution < 1.29 is 0 Å². The minimum atomic E-state index is 0.655. The first-order chi connectivity index (χ1) is 9.31. The molecule has 2 N–H and O–H groups in total. The highest BCUT2D eigenvalue weighted by atomic mass is 32.1. The summed E-state index contributed by atoms with van der Waals surface area (Å²) < 4.78 is 4.16. The van der Waals surface area contributed by atoms with Gasteiger partial charge in [-0.1, -0.05) is 6.07 Å². The highest BCUT2D eigenvalue weighted by molar-refractivity contribution is 7.10. The Morgan fingerprint density at radius 1 is 1.32 bits per heavy atom. The van der Waals surface area contributed by atoms with E-state index >= 15 is 0 Å². The summed E-state index contributed by atoms with van der Waals surface area (Å²) >= 11 is 1.34. The van der Waals surface area contributed by atoms with Gasteiger partial charge in [0.15, 0.2) is 0 Å². The van der Waals surface area contributed by atoms with Crippen LogP contribution >= 0.6 is 11.5 Å². The zero-order valence-corrected chi connectivity index (χ0v) is 11.5. The van der Waals surface area contributed by atoms with Gasteiger partial charge < -0.3 is 10.6 Å². The molecule has 5 nitrogen and oxygen atoms in total. The van der Waals surface area contributed by atoms with Crippen LogP contribution in [-0.2, 0) is 0 Å². The van der Waals surface area contributed by atoms with Gasteiger partial charge in [-0.15, -0.1) is 0 Å². The van der Waals surface area contributed by atoms with Crippen molar-refractivity contribution in [3.63, 3.8) is 0 Å². The van der Waals surface area contributed by atoms with E-state index in [0.29, 0.717) is 5.56 Å². The Balaban J connectivity index is 1.71. The standard InChI is InChI=1S/C13H15N5S/c1-10-11(9-14)13(19-18-10)17-8-4-7-16-12-5-2-3-6-15-12/h2-3,5-6,17H,4,7-8H2,1H3,(H,15,16). The van der Waals surface area contributed by atoms with Crippen molar-refractivity contribution in [3.8, 4) is 6.07 Å². The lowest BCUT2D eigenvalue weighted by atomic mass is 10.3. The molecule has 0 saturated heterocycles. The number of rotatable bonds is 6. The number of nitrogens with one attached hydrogen (secondary N) is 2. The predicted octanol–water partition coefficient (Wildman–Crippen LogP) is 2.63. The summed E-state index contributed by atoms with van der Waals surface area (Å²) in [5, 5.41) is 16.3. The van der Waals surface area contributed by atoms with Crippen LogP contribution in [0.5, 0.6) is 0 Å². The molecule has 98 valence electrons. The average molecular weight is 273 g/mol. The zero-order chi connectivity index (χ0) is 13.5. The molecule has 0 radical (unpaired) electrons. The summed E-state index contributed by atoms with van der Waals surface area (Å²) in [4.78, 5) is 4.18. The van der Waals surface area contributed by atoms with E-state index in [2.05, 4.69) is 26.1 Å². The van der Waals surface area contributed by atoms with Crippen molar-refractivity contribution in [1.29, 1.82) is 5.26 Å². The maximum atomic E-state index is 9.00. The number of nitriles is 1. The maximum absolute atomic E-state index is 9.00. The number of aryl methyl sites for hydroxylation is 1. The van der Waals surface area contributed by atoms with Crippen LogP contribution in [0.2, 0.25) is 0 Å². The topological polar surface area (TPSA) is 73.6 Å². The molecule has 0 aliphatic rings. The second-order valence-electron chi connectivity index (χ2n) is 4.01. The third kappa shape index (κ3) is 3.66. The molecule has 2 aromatic heterocycles. The molecule has 0 spiro atoms. The number of anilines is 2. The zero-order valence-electron chi connectivity index (χ0n) is 10.7. The van der Waals surface area contributed by atoms with Gasteiger partial charge in [-0.3, -0.25) is 0 Å². The Bertz CT molecular complexity index is 558. The van der Waals surface area contributed by atoms with Crippen LogP contribution in [0.4, 0.5) is 10.8 Å². The summed E-state index contributed by atoms with van der Waals surface area (Å²) in [6.07, 6.45) is 2.71. The number of nitrogens with zero attached hydrogens (tertiary/aromatic N) is 3. The van der Waals surface area contributed by atoms with Crippen LogP contribution in [0.1, 0.15) is 17.7 Å². The Morgan fingerprint density at radius 2 is 2.16 bits per heavy atom. The lowest BCUT2D eigenvalue weighted by Gasteiger charge is -2.06. The molecule has 0 fully saturated rings. The summed E-state index contributed by atoms with van der Waals surface area (Å²) in [6, 6.07) is 7.95. The van der Waals surface area contributed by atoms with Gasteiger partial charge in [-0.05, 0) is 37.0 Å². The van der Waals surface area contributed by atoms with Crippen LogP contribution in [-0.4, -0.2) is 22.4 Å². The number of hydrogen-bond acceptors (Lipinski definition) is 6. The van der Waals surface area contributed by atoms with Crippen molar-refractivity contribution in [2.75, 3.05) is 23.7 Å². The van der Waals surface area contributed by atoms with E-state index in [1.54, 1.807) is 6.20 Å². The number of aromatic nitrogens is 2. The Hall–Kier alpha value is -2.13. The quantitative estimate of drug-likeness (QED) is 0.791. The lowest BCUT2D eigenvalue weighted by molar-refractivity contribution is 0.906. The Kier molecular flexibility index (Phi) is 4.70. The van der Waals surface area contributed by atoms with Crippen molar-refractivity contribution in [2.24, 2.45) is 0 Å². The van der Waals surface area contributed by atoms with Crippen molar-refractivity contribution in [3.05, 3.63) is 35.7 Å². The molecule has 0 unspecified atom stereocenters. The largest absolute Gasteiger partial charge is 0.375 e. The molecular formula is C13H15N5S. The highest BCUT2D eigenvalue weighted by Crippen LogP contribution is 2.22. The van der Waals surface area contributed by atoms with E-state index in [1.165, 1.54) is 11.5 Å². The average Bonchev–Trinajstić information content (AvgIpc) is 2.80. The second-order valence-corrected chi connectivity index (χ2v) is 4.78. The third-order valence-corrected chi connectivity index (χ3v) is 3.48. The van der Waals surface area contributed by atoms with Crippen LogP contribution < -0.4 is 10.6 Å². The monoisotopic (exact) mass is 273 g/mol. The van der Waals surface area contributed by atoms with Gasteiger partial charge in [0.05, 0.1) is 5.69 Å². The van der Waals surface area contributed by atoms with Gasteiger partial charge in [0.25, 0.3) is 0 Å². The molecule has 19 heavy (non-hydrogen) atoms. The van der Waals surface area contributed by atoms with Gasteiger partial charge in [0.2, 0.25) is 0 Å². The molecule has 2 aromatic rings. The van der Waals surface area contributed by atoms with Crippen LogP contribution in [0, 0.1) is 18.3 Å².